The van der Waals surface area contributed by atoms with Gasteiger partial charge < -0.3 is 14.4 Å². The second-order valence-corrected chi connectivity index (χ2v) is 8.49. The van der Waals surface area contributed by atoms with Crippen LogP contribution in [0, 0.1) is 12.3 Å². The Labute approximate surface area is 197 Å². The lowest BCUT2D eigenvalue weighted by atomic mass is 10.1. The van der Waals surface area contributed by atoms with Crippen molar-refractivity contribution in [2.24, 2.45) is 0 Å². The summed E-state index contributed by atoms with van der Waals surface area (Å²) in [5.41, 5.74) is 3.85. The predicted molar refractivity (Wildman–Crippen MR) is 135 cm³/mol. The van der Waals surface area contributed by atoms with E-state index in [9.17, 15) is 0 Å². The van der Waals surface area contributed by atoms with Gasteiger partial charge in [-0.2, -0.15) is 0 Å². The smallest absolute Gasteiger partial charge is 0.137 e. The van der Waals surface area contributed by atoms with Gasteiger partial charge in [0.15, 0.2) is 0 Å². The number of likely N-dealkylation sites (tertiary alicyclic amines) is 1. The number of amidine groups is 1. The van der Waals surface area contributed by atoms with Crippen LogP contribution in [0.5, 0.6) is 11.5 Å². The summed E-state index contributed by atoms with van der Waals surface area (Å²) in [6, 6.07) is 23.9. The fraction of sp³-hybridized carbons (Fsp3) is 0.321. The lowest BCUT2D eigenvalue weighted by Crippen LogP contribution is -2.26. The number of aryl methyl sites for hydroxylation is 1. The van der Waals surface area contributed by atoms with Crippen molar-refractivity contribution in [2.45, 2.75) is 26.2 Å². The van der Waals surface area contributed by atoms with Gasteiger partial charge in [-0.15, -0.1) is 0 Å². The Morgan fingerprint density at radius 2 is 1.42 bits per heavy atom. The van der Waals surface area contributed by atoms with E-state index in [4.69, 9.17) is 14.9 Å². The second-order valence-electron chi connectivity index (χ2n) is 8.49. The van der Waals surface area contributed by atoms with Crippen LogP contribution >= 0.6 is 0 Å². The molecule has 1 fully saturated rings. The average molecular weight is 444 g/mol. The van der Waals surface area contributed by atoms with Crippen LogP contribution in [0.1, 0.15) is 30.4 Å². The molecule has 172 valence electrons. The zero-order valence-corrected chi connectivity index (χ0v) is 19.6. The van der Waals surface area contributed by atoms with Crippen molar-refractivity contribution in [2.75, 3.05) is 38.3 Å². The molecule has 33 heavy (non-hydrogen) atoms. The van der Waals surface area contributed by atoms with Crippen LogP contribution in [-0.2, 0) is 0 Å². The Kier molecular flexibility index (Phi) is 7.63. The molecule has 4 rings (SSSR count). The van der Waals surface area contributed by atoms with Crippen molar-refractivity contribution in [3.05, 3.63) is 83.9 Å². The molecule has 0 unspecified atom stereocenters. The molecule has 0 spiro atoms. The third-order valence-corrected chi connectivity index (χ3v) is 6.06. The van der Waals surface area contributed by atoms with Gasteiger partial charge >= 0.3 is 0 Å². The van der Waals surface area contributed by atoms with Gasteiger partial charge in [0.05, 0.1) is 13.7 Å². The maximum atomic E-state index is 8.96. The van der Waals surface area contributed by atoms with E-state index in [1.54, 1.807) is 7.11 Å². The SMILES string of the molecule is COc1ccc(N(C(=N)c2ccc(C)cc2)c2ccc(OCCCN3CCCC3)cc2)cc1. The van der Waals surface area contributed by atoms with Crippen LogP contribution in [0.4, 0.5) is 11.4 Å². The molecular weight excluding hydrogens is 410 g/mol. The highest BCUT2D eigenvalue weighted by Gasteiger charge is 2.17. The number of rotatable bonds is 9. The van der Waals surface area contributed by atoms with Gasteiger partial charge in [-0.1, -0.05) is 29.8 Å². The molecule has 5 heteroatoms. The summed E-state index contributed by atoms with van der Waals surface area (Å²) in [7, 11) is 1.66. The standard InChI is InChI=1S/C28H33N3O2/c1-22-6-8-23(9-7-22)28(29)31(24-10-14-26(32-2)15-11-24)25-12-16-27(17-13-25)33-21-5-20-30-18-3-4-19-30/h6-17,29H,3-5,18-21H2,1-2H3. The lowest BCUT2D eigenvalue weighted by molar-refractivity contribution is 0.263. The van der Waals surface area contributed by atoms with Gasteiger partial charge in [0.1, 0.15) is 17.3 Å². The molecule has 0 bridgehead atoms. The van der Waals surface area contributed by atoms with Crippen LogP contribution in [0.2, 0.25) is 0 Å². The van der Waals surface area contributed by atoms with Crippen molar-refractivity contribution < 1.29 is 9.47 Å². The average Bonchev–Trinajstić information content (AvgIpc) is 3.37. The molecule has 1 aliphatic heterocycles. The molecular formula is C28H33N3O2. The molecule has 0 aliphatic carbocycles. The minimum absolute atomic E-state index is 0.416. The first-order chi connectivity index (χ1) is 16.1. The van der Waals surface area contributed by atoms with Crippen molar-refractivity contribution >= 4 is 17.2 Å². The Balaban J connectivity index is 1.49. The summed E-state index contributed by atoms with van der Waals surface area (Å²) < 4.78 is 11.3. The maximum absolute atomic E-state index is 8.96. The van der Waals surface area contributed by atoms with Gasteiger partial charge in [0.25, 0.3) is 0 Å². The molecule has 0 radical (unpaired) electrons. The van der Waals surface area contributed by atoms with Gasteiger partial charge in [-0.3, -0.25) is 10.3 Å². The zero-order valence-electron chi connectivity index (χ0n) is 19.6. The summed E-state index contributed by atoms with van der Waals surface area (Å²) in [4.78, 5) is 4.46. The Bertz CT molecular complexity index is 1020. The van der Waals surface area contributed by atoms with Gasteiger partial charge in [0.2, 0.25) is 0 Å². The predicted octanol–water partition coefficient (Wildman–Crippen LogP) is 6.03. The van der Waals surface area contributed by atoms with E-state index in [1.807, 2.05) is 77.7 Å². The third-order valence-electron chi connectivity index (χ3n) is 6.06. The van der Waals surface area contributed by atoms with Crippen molar-refractivity contribution in [1.29, 1.82) is 5.41 Å². The Morgan fingerprint density at radius 3 is 2.00 bits per heavy atom. The van der Waals surface area contributed by atoms with Gasteiger partial charge in [-0.25, -0.2) is 0 Å². The van der Waals surface area contributed by atoms with Crippen molar-refractivity contribution in [3.8, 4) is 11.5 Å². The van der Waals surface area contributed by atoms with Crippen molar-refractivity contribution in [3.63, 3.8) is 0 Å². The summed E-state index contributed by atoms with van der Waals surface area (Å²) in [5.74, 6) is 2.06. The number of ether oxygens (including phenoxy) is 2. The molecule has 3 aromatic rings. The van der Waals surface area contributed by atoms with Crippen LogP contribution in [-0.4, -0.2) is 44.1 Å². The molecule has 1 N–H and O–H groups in total. The molecule has 5 nitrogen and oxygen atoms in total. The third kappa shape index (κ3) is 5.93. The molecule has 1 aliphatic rings. The minimum atomic E-state index is 0.416. The van der Waals surface area contributed by atoms with E-state index >= 15 is 0 Å². The fourth-order valence-electron chi connectivity index (χ4n) is 4.15. The Morgan fingerprint density at radius 1 is 0.848 bits per heavy atom. The number of benzene rings is 3. The number of anilines is 2. The van der Waals surface area contributed by atoms with Crippen molar-refractivity contribution in [1.82, 2.24) is 4.90 Å². The number of nitrogens with zero attached hydrogens (tertiary/aromatic N) is 2. The molecule has 1 saturated heterocycles. The summed E-state index contributed by atoms with van der Waals surface area (Å²) >= 11 is 0. The molecule has 3 aromatic carbocycles. The summed E-state index contributed by atoms with van der Waals surface area (Å²) in [6.07, 6.45) is 3.69. The first-order valence-corrected chi connectivity index (χ1v) is 11.7. The molecule has 0 amide bonds. The zero-order chi connectivity index (χ0) is 23.0. The lowest BCUT2D eigenvalue weighted by Gasteiger charge is -2.26. The molecule has 0 atom stereocenters. The highest BCUT2D eigenvalue weighted by atomic mass is 16.5. The van der Waals surface area contributed by atoms with E-state index < -0.39 is 0 Å². The van der Waals surface area contributed by atoms with Crippen LogP contribution in [0.25, 0.3) is 0 Å². The topological polar surface area (TPSA) is 48.8 Å². The highest BCUT2D eigenvalue weighted by Crippen LogP contribution is 2.30. The summed E-state index contributed by atoms with van der Waals surface area (Å²) in [6.45, 7) is 6.33. The monoisotopic (exact) mass is 443 g/mol. The van der Waals surface area contributed by atoms with E-state index in [-0.39, 0.29) is 0 Å². The van der Waals surface area contributed by atoms with Crippen LogP contribution in [0.15, 0.2) is 72.8 Å². The maximum Gasteiger partial charge on any atom is 0.137 e. The normalized spacial score (nSPS) is 13.6. The van der Waals surface area contributed by atoms with Gasteiger partial charge in [0, 0.05) is 23.5 Å². The van der Waals surface area contributed by atoms with E-state index in [2.05, 4.69) is 11.8 Å². The molecule has 0 aromatic heterocycles. The second kappa shape index (κ2) is 11.0. The van der Waals surface area contributed by atoms with E-state index in [0.29, 0.717) is 5.84 Å². The highest BCUT2D eigenvalue weighted by molar-refractivity contribution is 6.12. The quantitative estimate of drug-likeness (QED) is 0.249. The first-order valence-electron chi connectivity index (χ1n) is 11.7. The molecule has 1 heterocycles. The van der Waals surface area contributed by atoms with E-state index in [1.165, 1.54) is 31.5 Å². The fourth-order valence-corrected chi connectivity index (χ4v) is 4.15. The molecule has 0 saturated carbocycles. The minimum Gasteiger partial charge on any atom is -0.497 e. The number of nitrogens with one attached hydrogen (secondary N) is 1. The number of methoxy groups -OCH3 is 1. The van der Waals surface area contributed by atoms with Crippen LogP contribution in [0.3, 0.4) is 0 Å². The first kappa shape index (κ1) is 22.9. The Hall–Kier alpha value is -3.31. The van der Waals surface area contributed by atoms with Gasteiger partial charge in [-0.05, 0) is 87.8 Å². The number of hydrogen-bond donors (Lipinski definition) is 1. The van der Waals surface area contributed by atoms with E-state index in [0.717, 1.165) is 48.0 Å². The summed E-state index contributed by atoms with van der Waals surface area (Å²) in [5, 5.41) is 8.96. The number of hydrogen-bond acceptors (Lipinski definition) is 4. The largest absolute Gasteiger partial charge is 0.497 e. The van der Waals surface area contributed by atoms with Crippen LogP contribution < -0.4 is 14.4 Å².